The average Bonchev–Trinajstić information content (AvgIpc) is 2.28. The zero-order valence-corrected chi connectivity index (χ0v) is 11.3. The molecule has 0 bridgehead atoms. The standard InChI is InChI=1S/C12H18N2O2.ClH/c1-9(14(3)4)10-5-7-11(8-6-10)16-12(15)13-2;/h5-9H,1-4H3,(H,13,15);1H. The van der Waals surface area contributed by atoms with Crippen LogP contribution in [0.15, 0.2) is 24.3 Å². The number of rotatable bonds is 3. The number of hydrogen-bond donors (Lipinski definition) is 2. The topological polar surface area (TPSA) is 42.8 Å². The molecule has 2 N–H and O–H groups in total. The van der Waals surface area contributed by atoms with Gasteiger partial charge in [0.1, 0.15) is 11.8 Å². The molecule has 0 heterocycles. The van der Waals surface area contributed by atoms with Gasteiger partial charge < -0.3 is 27.4 Å². The second kappa shape index (κ2) is 7.14. The van der Waals surface area contributed by atoms with E-state index in [0.717, 1.165) is 0 Å². The van der Waals surface area contributed by atoms with Crippen LogP contribution in [0.5, 0.6) is 5.75 Å². The van der Waals surface area contributed by atoms with Gasteiger partial charge in [-0.05, 0) is 31.2 Å². The van der Waals surface area contributed by atoms with E-state index < -0.39 is 6.09 Å². The van der Waals surface area contributed by atoms with E-state index in [-0.39, 0.29) is 12.4 Å². The van der Waals surface area contributed by atoms with Crippen molar-refractivity contribution < 1.29 is 26.8 Å². The molecule has 0 fully saturated rings. The first-order chi connectivity index (χ1) is 7.54. The van der Waals surface area contributed by atoms with Crippen molar-refractivity contribution in [2.24, 2.45) is 0 Å². The Bertz CT molecular complexity index is 352. The normalized spacial score (nSPS) is 11.6. The van der Waals surface area contributed by atoms with Crippen molar-refractivity contribution in [1.82, 2.24) is 5.32 Å². The summed E-state index contributed by atoms with van der Waals surface area (Å²) < 4.78 is 5.00. The van der Waals surface area contributed by atoms with Crippen LogP contribution >= 0.6 is 0 Å². The molecule has 1 rings (SSSR count). The minimum Gasteiger partial charge on any atom is -1.00 e. The van der Waals surface area contributed by atoms with Gasteiger partial charge in [0, 0.05) is 12.6 Å². The lowest BCUT2D eigenvalue weighted by atomic mass is 10.1. The molecule has 1 atom stereocenters. The molecule has 5 heteroatoms. The summed E-state index contributed by atoms with van der Waals surface area (Å²) >= 11 is 0. The van der Waals surface area contributed by atoms with Gasteiger partial charge in [-0.1, -0.05) is 0 Å². The summed E-state index contributed by atoms with van der Waals surface area (Å²) in [5.41, 5.74) is 1.23. The van der Waals surface area contributed by atoms with Crippen LogP contribution in [-0.4, -0.2) is 27.2 Å². The summed E-state index contributed by atoms with van der Waals surface area (Å²) in [5.74, 6) is 0.559. The lowest BCUT2D eigenvalue weighted by Gasteiger charge is -2.17. The van der Waals surface area contributed by atoms with Crippen molar-refractivity contribution in [3.8, 4) is 5.75 Å². The molecular formula is C12H19ClN2O2. The van der Waals surface area contributed by atoms with Gasteiger partial charge in [-0.25, -0.2) is 4.79 Å². The summed E-state index contributed by atoms with van der Waals surface area (Å²) in [6.07, 6.45) is -0.445. The Morgan fingerprint density at radius 2 is 1.82 bits per heavy atom. The number of benzene rings is 1. The molecule has 0 aliphatic rings. The van der Waals surface area contributed by atoms with Gasteiger partial charge in [-0.3, -0.25) is 0 Å². The molecule has 1 aromatic rings. The van der Waals surface area contributed by atoms with Gasteiger partial charge in [0.05, 0.1) is 14.1 Å². The molecule has 0 aromatic heterocycles. The zero-order chi connectivity index (χ0) is 12.1. The maximum absolute atomic E-state index is 11.0. The van der Waals surface area contributed by atoms with Crippen LogP contribution in [0.4, 0.5) is 4.79 Å². The molecule has 17 heavy (non-hydrogen) atoms. The largest absolute Gasteiger partial charge is 1.00 e. The number of quaternary nitrogens is 1. The first-order valence-electron chi connectivity index (χ1n) is 5.34. The monoisotopic (exact) mass is 258 g/mol. The van der Waals surface area contributed by atoms with E-state index in [1.165, 1.54) is 17.5 Å². The van der Waals surface area contributed by atoms with Crippen LogP contribution in [0.2, 0.25) is 0 Å². The molecule has 1 aromatic carbocycles. The molecule has 0 spiro atoms. The fraction of sp³-hybridized carbons (Fsp3) is 0.417. The fourth-order valence-corrected chi connectivity index (χ4v) is 1.32. The maximum Gasteiger partial charge on any atom is 0.412 e. The molecule has 0 aliphatic carbocycles. The van der Waals surface area contributed by atoms with E-state index in [9.17, 15) is 4.79 Å². The van der Waals surface area contributed by atoms with Crippen LogP contribution in [-0.2, 0) is 0 Å². The summed E-state index contributed by atoms with van der Waals surface area (Å²) in [5, 5.41) is 2.40. The average molecular weight is 259 g/mol. The minimum atomic E-state index is -0.445. The molecule has 96 valence electrons. The van der Waals surface area contributed by atoms with E-state index >= 15 is 0 Å². The van der Waals surface area contributed by atoms with Gasteiger partial charge in [-0.15, -0.1) is 0 Å². The Morgan fingerprint density at radius 1 is 1.29 bits per heavy atom. The molecule has 1 unspecified atom stereocenters. The van der Waals surface area contributed by atoms with Crippen molar-refractivity contribution >= 4 is 6.09 Å². The minimum absolute atomic E-state index is 0. The quantitative estimate of drug-likeness (QED) is 0.636. The summed E-state index contributed by atoms with van der Waals surface area (Å²) in [4.78, 5) is 12.3. The van der Waals surface area contributed by atoms with E-state index in [1.807, 2.05) is 24.3 Å². The summed E-state index contributed by atoms with van der Waals surface area (Å²) in [7, 11) is 5.76. The number of ether oxygens (including phenoxy) is 1. The second-order valence-electron chi connectivity index (χ2n) is 4.01. The van der Waals surface area contributed by atoms with Gasteiger partial charge in [0.15, 0.2) is 0 Å². The van der Waals surface area contributed by atoms with Crippen molar-refractivity contribution in [2.75, 3.05) is 21.1 Å². The Balaban J connectivity index is 0.00000256. The predicted molar refractivity (Wildman–Crippen MR) is 62.8 cm³/mol. The Kier molecular flexibility index (Phi) is 6.61. The molecule has 1 amide bonds. The van der Waals surface area contributed by atoms with Crippen molar-refractivity contribution in [3.63, 3.8) is 0 Å². The van der Waals surface area contributed by atoms with Gasteiger partial charge in [0.2, 0.25) is 0 Å². The maximum atomic E-state index is 11.0. The van der Waals surface area contributed by atoms with Gasteiger partial charge >= 0.3 is 6.09 Å². The number of amides is 1. The molecular weight excluding hydrogens is 240 g/mol. The van der Waals surface area contributed by atoms with Crippen LogP contribution in [0.3, 0.4) is 0 Å². The third-order valence-corrected chi connectivity index (χ3v) is 2.66. The van der Waals surface area contributed by atoms with E-state index in [1.54, 1.807) is 0 Å². The third-order valence-electron chi connectivity index (χ3n) is 2.66. The van der Waals surface area contributed by atoms with Gasteiger partial charge in [-0.2, -0.15) is 0 Å². The smallest absolute Gasteiger partial charge is 0.412 e. The lowest BCUT2D eigenvalue weighted by Crippen LogP contribution is -3.05. The Labute approximate surface area is 108 Å². The predicted octanol–water partition coefficient (Wildman–Crippen LogP) is -2.39. The van der Waals surface area contributed by atoms with Crippen LogP contribution in [0.25, 0.3) is 0 Å². The van der Waals surface area contributed by atoms with Crippen molar-refractivity contribution in [1.29, 1.82) is 0 Å². The van der Waals surface area contributed by atoms with Crippen LogP contribution in [0.1, 0.15) is 18.5 Å². The van der Waals surface area contributed by atoms with Gasteiger partial charge in [0.25, 0.3) is 0 Å². The van der Waals surface area contributed by atoms with Crippen LogP contribution < -0.4 is 27.4 Å². The fourth-order valence-electron chi connectivity index (χ4n) is 1.32. The highest BCUT2D eigenvalue weighted by Gasteiger charge is 2.11. The highest BCUT2D eigenvalue weighted by molar-refractivity contribution is 5.69. The van der Waals surface area contributed by atoms with E-state index in [4.69, 9.17) is 4.74 Å². The number of halogens is 1. The Hall–Kier alpha value is -1.26. The highest BCUT2D eigenvalue weighted by atomic mass is 35.5. The number of carbonyl (C=O) groups is 1. The highest BCUT2D eigenvalue weighted by Crippen LogP contribution is 2.15. The zero-order valence-electron chi connectivity index (χ0n) is 10.6. The van der Waals surface area contributed by atoms with Crippen molar-refractivity contribution in [3.05, 3.63) is 29.8 Å². The first-order valence-corrected chi connectivity index (χ1v) is 5.34. The molecule has 0 aliphatic heterocycles. The summed E-state index contributed by atoms with van der Waals surface area (Å²) in [6, 6.07) is 8.01. The number of hydrogen-bond acceptors (Lipinski definition) is 2. The molecule has 4 nitrogen and oxygen atoms in total. The second-order valence-corrected chi connectivity index (χ2v) is 4.01. The number of carbonyl (C=O) groups excluding carboxylic acids is 1. The van der Waals surface area contributed by atoms with Crippen LogP contribution in [0, 0.1) is 0 Å². The van der Waals surface area contributed by atoms with Crippen molar-refractivity contribution in [2.45, 2.75) is 13.0 Å². The SMILES string of the molecule is CNC(=O)Oc1ccc(C(C)[NH+](C)C)cc1.[Cl-]. The summed E-state index contributed by atoms with van der Waals surface area (Å²) in [6.45, 7) is 2.16. The third kappa shape index (κ3) is 4.63. The molecule has 0 radical (unpaired) electrons. The number of nitrogens with one attached hydrogen (secondary N) is 2. The lowest BCUT2D eigenvalue weighted by molar-refractivity contribution is -0.890. The molecule has 0 saturated heterocycles. The molecule has 0 saturated carbocycles. The first kappa shape index (κ1) is 15.7. The Morgan fingerprint density at radius 3 is 2.24 bits per heavy atom. The van der Waals surface area contributed by atoms with E-state index in [0.29, 0.717) is 11.8 Å². The van der Waals surface area contributed by atoms with E-state index in [2.05, 4.69) is 26.3 Å².